The lowest BCUT2D eigenvalue weighted by Gasteiger charge is -2.18. The maximum atomic E-state index is 13.1. The van der Waals surface area contributed by atoms with E-state index in [0.717, 1.165) is 4.47 Å². The van der Waals surface area contributed by atoms with Gasteiger partial charge in [-0.05, 0) is 46.6 Å². The lowest BCUT2D eigenvalue weighted by Crippen LogP contribution is -2.26. The average molecular weight is 287 g/mol. The summed E-state index contributed by atoms with van der Waals surface area (Å²) in [5, 5.41) is 0. The molecule has 0 spiro atoms. The summed E-state index contributed by atoms with van der Waals surface area (Å²) in [5.74, 6) is -0.174. The maximum Gasteiger partial charge on any atom is 0.227 e. The summed E-state index contributed by atoms with van der Waals surface area (Å²) in [5.41, 5.74) is 6.12. The number of benzene rings is 1. The molecule has 1 aliphatic rings. The van der Waals surface area contributed by atoms with Crippen LogP contribution in [0.15, 0.2) is 22.7 Å². The van der Waals surface area contributed by atoms with Crippen molar-refractivity contribution in [1.82, 2.24) is 0 Å². The summed E-state index contributed by atoms with van der Waals surface area (Å²) in [6.45, 7) is 1.05. The number of nitrogens with two attached hydrogens (primary N) is 1. The number of nitrogens with zero attached hydrogens (tertiary/aromatic N) is 1. The first-order valence-corrected chi connectivity index (χ1v) is 5.86. The fraction of sp³-hybridized carbons (Fsp3) is 0.364. The number of halogens is 2. The van der Waals surface area contributed by atoms with Crippen LogP contribution in [0.3, 0.4) is 0 Å². The molecule has 1 saturated heterocycles. The van der Waals surface area contributed by atoms with Crippen molar-refractivity contribution in [2.45, 2.75) is 6.42 Å². The molecule has 1 aromatic carbocycles. The van der Waals surface area contributed by atoms with Crippen LogP contribution < -0.4 is 10.6 Å². The standard InChI is InChI=1S/C11H12BrFN2O/c12-9-2-1-8(13)4-10(9)15-6-7(5-14)3-11(15)16/h1-2,4,7H,3,5-6,14H2. The fourth-order valence-corrected chi connectivity index (χ4v) is 2.33. The van der Waals surface area contributed by atoms with Crippen molar-refractivity contribution in [3.8, 4) is 0 Å². The van der Waals surface area contributed by atoms with Crippen LogP contribution in [0.5, 0.6) is 0 Å². The fourth-order valence-electron chi connectivity index (χ4n) is 1.86. The van der Waals surface area contributed by atoms with Crippen molar-refractivity contribution in [2.24, 2.45) is 11.7 Å². The third kappa shape index (κ3) is 2.10. The minimum atomic E-state index is -0.345. The molecule has 0 bridgehead atoms. The van der Waals surface area contributed by atoms with Crippen molar-refractivity contribution in [1.29, 1.82) is 0 Å². The van der Waals surface area contributed by atoms with Gasteiger partial charge in [-0.3, -0.25) is 4.79 Å². The first-order chi connectivity index (χ1) is 7.61. The highest BCUT2D eigenvalue weighted by Gasteiger charge is 2.30. The van der Waals surface area contributed by atoms with Gasteiger partial charge < -0.3 is 10.6 Å². The van der Waals surface area contributed by atoms with E-state index in [4.69, 9.17) is 5.73 Å². The zero-order chi connectivity index (χ0) is 11.7. The van der Waals surface area contributed by atoms with Gasteiger partial charge >= 0.3 is 0 Å². The van der Waals surface area contributed by atoms with Crippen LogP contribution >= 0.6 is 15.9 Å². The average Bonchev–Trinajstić information content (AvgIpc) is 2.63. The zero-order valence-corrected chi connectivity index (χ0v) is 10.2. The highest BCUT2D eigenvalue weighted by Crippen LogP contribution is 2.31. The number of hydrogen-bond acceptors (Lipinski definition) is 2. The van der Waals surface area contributed by atoms with E-state index >= 15 is 0 Å². The molecular formula is C11H12BrFN2O. The topological polar surface area (TPSA) is 46.3 Å². The van der Waals surface area contributed by atoms with E-state index in [0.29, 0.717) is 25.2 Å². The Bertz CT molecular complexity index is 424. The number of rotatable bonds is 2. The largest absolute Gasteiger partial charge is 0.330 e. The van der Waals surface area contributed by atoms with Crippen LogP contribution in [-0.2, 0) is 4.79 Å². The van der Waals surface area contributed by atoms with Gasteiger partial charge in [0.1, 0.15) is 5.82 Å². The summed E-state index contributed by atoms with van der Waals surface area (Å²) in [7, 11) is 0. The zero-order valence-electron chi connectivity index (χ0n) is 8.62. The lowest BCUT2D eigenvalue weighted by molar-refractivity contribution is -0.117. The second kappa shape index (κ2) is 4.51. The molecule has 2 N–H and O–H groups in total. The second-order valence-electron chi connectivity index (χ2n) is 3.91. The van der Waals surface area contributed by atoms with Gasteiger partial charge in [0.05, 0.1) is 5.69 Å². The van der Waals surface area contributed by atoms with E-state index in [2.05, 4.69) is 15.9 Å². The molecular weight excluding hydrogens is 275 g/mol. The van der Waals surface area contributed by atoms with Crippen LogP contribution in [-0.4, -0.2) is 19.0 Å². The molecule has 1 aromatic rings. The number of anilines is 1. The van der Waals surface area contributed by atoms with E-state index < -0.39 is 0 Å². The smallest absolute Gasteiger partial charge is 0.227 e. The number of carbonyl (C=O) groups excluding carboxylic acids is 1. The third-order valence-electron chi connectivity index (χ3n) is 2.74. The van der Waals surface area contributed by atoms with Gasteiger partial charge in [0.15, 0.2) is 0 Å². The number of hydrogen-bond donors (Lipinski definition) is 1. The van der Waals surface area contributed by atoms with Gasteiger partial charge in [-0.1, -0.05) is 0 Å². The van der Waals surface area contributed by atoms with Gasteiger partial charge in [0.2, 0.25) is 5.91 Å². The highest BCUT2D eigenvalue weighted by molar-refractivity contribution is 9.10. The Labute approximate surface area is 102 Å². The Kier molecular flexibility index (Phi) is 3.25. The summed E-state index contributed by atoms with van der Waals surface area (Å²) in [6, 6.07) is 4.32. The Morgan fingerprint density at radius 1 is 1.56 bits per heavy atom. The first kappa shape index (κ1) is 11.5. The monoisotopic (exact) mass is 286 g/mol. The SMILES string of the molecule is NCC1CC(=O)N(c2cc(F)ccc2Br)C1. The molecule has 3 nitrogen and oxygen atoms in total. The van der Waals surface area contributed by atoms with Crippen LogP contribution in [0.1, 0.15) is 6.42 Å². The Morgan fingerprint density at radius 2 is 2.31 bits per heavy atom. The molecule has 2 rings (SSSR count). The molecule has 0 aromatic heterocycles. The van der Waals surface area contributed by atoms with Crippen molar-refractivity contribution >= 4 is 27.5 Å². The molecule has 1 fully saturated rings. The summed E-state index contributed by atoms with van der Waals surface area (Å²) in [4.78, 5) is 13.3. The lowest BCUT2D eigenvalue weighted by atomic mass is 10.1. The quantitative estimate of drug-likeness (QED) is 0.903. The Morgan fingerprint density at radius 3 is 2.94 bits per heavy atom. The minimum Gasteiger partial charge on any atom is -0.330 e. The molecule has 86 valence electrons. The maximum absolute atomic E-state index is 13.1. The van der Waals surface area contributed by atoms with Crippen molar-refractivity contribution in [3.05, 3.63) is 28.5 Å². The minimum absolute atomic E-state index is 0.00162. The molecule has 0 radical (unpaired) electrons. The predicted octanol–water partition coefficient (Wildman–Crippen LogP) is 1.90. The first-order valence-electron chi connectivity index (χ1n) is 5.07. The van der Waals surface area contributed by atoms with Crippen LogP contribution in [0.4, 0.5) is 10.1 Å². The van der Waals surface area contributed by atoms with Gasteiger partial charge in [-0.2, -0.15) is 0 Å². The van der Waals surface area contributed by atoms with Crippen molar-refractivity contribution < 1.29 is 9.18 Å². The van der Waals surface area contributed by atoms with E-state index in [1.807, 2.05) is 0 Å². The molecule has 0 aliphatic carbocycles. The highest BCUT2D eigenvalue weighted by atomic mass is 79.9. The van der Waals surface area contributed by atoms with Crippen LogP contribution in [0, 0.1) is 11.7 Å². The van der Waals surface area contributed by atoms with Crippen molar-refractivity contribution in [2.75, 3.05) is 18.0 Å². The second-order valence-corrected chi connectivity index (χ2v) is 4.76. The molecule has 1 amide bonds. The molecule has 1 unspecified atom stereocenters. The van der Waals surface area contributed by atoms with Crippen molar-refractivity contribution in [3.63, 3.8) is 0 Å². The van der Waals surface area contributed by atoms with E-state index in [1.165, 1.54) is 12.1 Å². The summed E-state index contributed by atoms with van der Waals surface area (Å²) in [6.07, 6.45) is 0.444. The Hall–Kier alpha value is -0.940. The summed E-state index contributed by atoms with van der Waals surface area (Å²) >= 11 is 3.32. The normalized spacial score (nSPS) is 20.6. The molecule has 1 heterocycles. The van der Waals surface area contributed by atoms with Crippen LogP contribution in [0.25, 0.3) is 0 Å². The molecule has 1 aliphatic heterocycles. The third-order valence-corrected chi connectivity index (χ3v) is 3.41. The molecule has 0 saturated carbocycles. The van der Waals surface area contributed by atoms with E-state index in [9.17, 15) is 9.18 Å². The van der Waals surface area contributed by atoms with Gasteiger partial charge in [0, 0.05) is 17.4 Å². The van der Waals surface area contributed by atoms with E-state index in [-0.39, 0.29) is 17.6 Å². The number of amides is 1. The molecule has 1 atom stereocenters. The molecule has 16 heavy (non-hydrogen) atoms. The molecule has 5 heteroatoms. The van der Waals surface area contributed by atoms with Crippen LogP contribution in [0.2, 0.25) is 0 Å². The predicted molar refractivity (Wildman–Crippen MR) is 63.6 cm³/mol. The number of carbonyl (C=O) groups is 1. The van der Waals surface area contributed by atoms with Gasteiger partial charge in [-0.25, -0.2) is 4.39 Å². The Balaban J connectivity index is 2.30. The van der Waals surface area contributed by atoms with E-state index in [1.54, 1.807) is 11.0 Å². The summed E-state index contributed by atoms with van der Waals surface area (Å²) < 4.78 is 13.8. The van der Waals surface area contributed by atoms with Gasteiger partial charge in [-0.15, -0.1) is 0 Å². The van der Waals surface area contributed by atoms with Gasteiger partial charge in [0.25, 0.3) is 0 Å².